The van der Waals surface area contributed by atoms with Crippen molar-refractivity contribution in [3.05, 3.63) is 29.6 Å². The van der Waals surface area contributed by atoms with Gasteiger partial charge in [-0.25, -0.2) is 4.39 Å². The summed E-state index contributed by atoms with van der Waals surface area (Å²) in [5.41, 5.74) is 0.597. The number of rotatable bonds is 4. The molecule has 0 fully saturated rings. The van der Waals surface area contributed by atoms with E-state index in [0.717, 1.165) is 0 Å². The van der Waals surface area contributed by atoms with E-state index in [1.54, 1.807) is 12.1 Å². The van der Waals surface area contributed by atoms with Gasteiger partial charge in [-0.3, -0.25) is 0 Å². The van der Waals surface area contributed by atoms with Crippen LogP contribution in [0.4, 0.5) is 10.1 Å². The molecule has 0 radical (unpaired) electrons. The van der Waals surface area contributed by atoms with Gasteiger partial charge in [0.15, 0.2) is 0 Å². The van der Waals surface area contributed by atoms with Crippen LogP contribution >= 0.6 is 0 Å². The molecule has 1 aromatic rings. The molecule has 0 aliphatic carbocycles. The Morgan fingerprint density at radius 1 is 1.50 bits per heavy atom. The van der Waals surface area contributed by atoms with Gasteiger partial charge in [0, 0.05) is 5.69 Å². The molecule has 1 rings (SSSR count). The average molecular weight is 222 g/mol. The predicted molar refractivity (Wildman–Crippen MR) is 60.4 cm³/mol. The zero-order valence-corrected chi connectivity index (χ0v) is 9.37. The van der Waals surface area contributed by atoms with Gasteiger partial charge < -0.3 is 10.4 Å². The van der Waals surface area contributed by atoms with Gasteiger partial charge in [0.1, 0.15) is 11.9 Å². The van der Waals surface area contributed by atoms with Gasteiger partial charge in [-0.1, -0.05) is 13.8 Å². The van der Waals surface area contributed by atoms with Crippen LogP contribution in [0.1, 0.15) is 19.4 Å². The minimum Gasteiger partial charge on any atom is -0.394 e. The minimum atomic E-state index is -0.548. The lowest BCUT2D eigenvalue weighted by Crippen LogP contribution is -2.29. The zero-order chi connectivity index (χ0) is 12.1. The number of halogens is 1. The van der Waals surface area contributed by atoms with Gasteiger partial charge in [-0.15, -0.1) is 0 Å². The van der Waals surface area contributed by atoms with Crippen molar-refractivity contribution in [1.29, 1.82) is 5.26 Å². The van der Waals surface area contributed by atoms with Gasteiger partial charge in [-0.2, -0.15) is 5.26 Å². The van der Waals surface area contributed by atoms with Gasteiger partial charge in [-0.05, 0) is 24.1 Å². The fourth-order valence-corrected chi connectivity index (χ4v) is 1.33. The van der Waals surface area contributed by atoms with Crippen LogP contribution in [-0.2, 0) is 0 Å². The molecule has 0 aromatic heterocycles. The maximum Gasteiger partial charge on any atom is 0.143 e. The Bertz CT molecular complexity index is 398. The lowest BCUT2D eigenvalue weighted by molar-refractivity contribution is 0.249. The van der Waals surface area contributed by atoms with Crippen LogP contribution in [0.25, 0.3) is 0 Å². The fraction of sp³-hybridized carbons (Fsp3) is 0.417. The molecule has 2 N–H and O–H groups in total. The summed E-state index contributed by atoms with van der Waals surface area (Å²) in [5, 5.41) is 20.7. The molecule has 1 atom stereocenters. The summed E-state index contributed by atoms with van der Waals surface area (Å²) >= 11 is 0. The fourth-order valence-electron chi connectivity index (χ4n) is 1.33. The normalized spacial score (nSPS) is 12.2. The van der Waals surface area contributed by atoms with E-state index in [-0.39, 0.29) is 24.1 Å². The number of aliphatic hydroxyl groups is 1. The molecule has 0 saturated heterocycles. The number of benzene rings is 1. The molecule has 16 heavy (non-hydrogen) atoms. The molecule has 4 heteroatoms. The van der Waals surface area contributed by atoms with E-state index in [0.29, 0.717) is 5.69 Å². The van der Waals surface area contributed by atoms with E-state index >= 15 is 0 Å². The van der Waals surface area contributed by atoms with E-state index in [2.05, 4.69) is 5.32 Å². The van der Waals surface area contributed by atoms with Crippen molar-refractivity contribution in [3.8, 4) is 6.07 Å². The summed E-state index contributed by atoms with van der Waals surface area (Å²) in [6.07, 6.45) is 0. The van der Waals surface area contributed by atoms with Crippen molar-refractivity contribution in [2.24, 2.45) is 5.92 Å². The molecule has 0 heterocycles. The Balaban J connectivity index is 2.83. The van der Waals surface area contributed by atoms with Gasteiger partial charge in [0.05, 0.1) is 18.2 Å². The molecule has 0 bridgehead atoms. The number of aliphatic hydroxyl groups excluding tert-OH is 1. The van der Waals surface area contributed by atoms with Crippen molar-refractivity contribution in [1.82, 2.24) is 0 Å². The molecule has 0 aliphatic heterocycles. The van der Waals surface area contributed by atoms with Crippen LogP contribution in [-0.4, -0.2) is 17.8 Å². The summed E-state index contributed by atoms with van der Waals surface area (Å²) in [6, 6.07) is 5.96. The van der Waals surface area contributed by atoms with E-state index in [1.165, 1.54) is 12.1 Å². The quantitative estimate of drug-likeness (QED) is 0.820. The highest BCUT2D eigenvalue weighted by Crippen LogP contribution is 2.16. The third-order valence-electron chi connectivity index (χ3n) is 2.44. The highest BCUT2D eigenvalue weighted by molar-refractivity contribution is 5.48. The summed E-state index contributed by atoms with van der Waals surface area (Å²) in [5.74, 6) is -0.309. The Morgan fingerprint density at radius 2 is 2.19 bits per heavy atom. The molecular formula is C12H15FN2O. The summed E-state index contributed by atoms with van der Waals surface area (Å²) < 4.78 is 13.3. The third-order valence-corrected chi connectivity index (χ3v) is 2.44. The van der Waals surface area contributed by atoms with Crippen molar-refractivity contribution in [3.63, 3.8) is 0 Å². The van der Waals surface area contributed by atoms with E-state index in [1.807, 2.05) is 13.8 Å². The zero-order valence-electron chi connectivity index (χ0n) is 9.37. The highest BCUT2D eigenvalue weighted by Gasteiger charge is 2.12. The molecule has 1 unspecified atom stereocenters. The SMILES string of the molecule is CC(C)C(CO)Nc1ccc(C#N)c(F)c1. The molecule has 86 valence electrons. The van der Waals surface area contributed by atoms with Gasteiger partial charge in [0.25, 0.3) is 0 Å². The second-order valence-electron chi connectivity index (χ2n) is 3.98. The number of anilines is 1. The van der Waals surface area contributed by atoms with Crippen LogP contribution in [0.5, 0.6) is 0 Å². The monoisotopic (exact) mass is 222 g/mol. The number of hydrogen-bond acceptors (Lipinski definition) is 3. The number of nitriles is 1. The van der Waals surface area contributed by atoms with Crippen molar-refractivity contribution in [2.45, 2.75) is 19.9 Å². The minimum absolute atomic E-state index is 0.0146. The van der Waals surface area contributed by atoms with Gasteiger partial charge in [0.2, 0.25) is 0 Å². The Hall–Kier alpha value is -1.60. The Morgan fingerprint density at radius 3 is 2.62 bits per heavy atom. The number of nitrogens with one attached hydrogen (secondary N) is 1. The second kappa shape index (κ2) is 5.47. The smallest absolute Gasteiger partial charge is 0.143 e. The van der Waals surface area contributed by atoms with Crippen molar-refractivity contribution in [2.75, 3.05) is 11.9 Å². The molecule has 3 nitrogen and oxygen atoms in total. The summed E-state index contributed by atoms with van der Waals surface area (Å²) in [7, 11) is 0. The van der Waals surface area contributed by atoms with Crippen LogP contribution in [0.3, 0.4) is 0 Å². The first-order valence-electron chi connectivity index (χ1n) is 5.15. The molecule has 1 aromatic carbocycles. The second-order valence-corrected chi connectivity index (χ2v) is 3.98. The van der Waals surface area contributed by atoms with Gasteiger partial charge >= 0.3 is 0 Å². The van der Waals surface area contributed by atoms with Crippen molar-refractivity contribution < 1.29 is 9.50 Å². The van der Waals surface area contributed by atoms with Crippen LogP contribution in [0.15, 0.2) is 18.2 Å². The number of hydrogen-bond donors (Lipinski definition) is 2. The molecular weight excluding hydrogens is 207 g/mol. The van der Waals surface area contributed by atoms with E-state index < -0.39 is 5.82 Å². The van der Waals surface area contributed by atoms with E-state index in [9.17, 15) is 4.39 Å². The molecule has 0 saturated carbocycles. The van der Waals surface area contributed by atoms with Crippen molar-refractivity contribution >= 4 is 5.69 Å². The summed E-state index contributed by atoms with van der Waals surface area (Å²) in [4.78, 5) is 0. The third kappa shape index (κ3) is 2.94. The lowest BCUT2D eigenvalue weighted by Gasteiger charge is -2.21. The average Bonchev–Trinajstić information content (AvgIpc) is 2.25. The van der Waals surface area contributed by atoms with Crippen LogP contribution in [0, 0.1) is 23.1 Å². The van der Waals surface area contributed by atoms with Crippen LogP contribution < -0.4 is 5.32 Å². The molecule has 0 aliphatic rings. The highest BCUT2D eigenvalue weighted by atomic mass is 19.1. The first kappa shape index (κ1) is 12.5. The maximum atomic E-state index is 13.3. The first-order chi connectivity index (χ1) is 7.58. The topological polar surface area (TPSA) is 56.0 Å². The Labute approximate surface area is 94.5 Å². The Kier molecular flexibility index (Phi) is 4.27. The number of nitrogens with zero attached hydrogens (tertiary/aromatic N) is 1. The largest absolute Gasteiger partial charge is 0.394 e. The standard InChI is InChI=1S/C12H15FN2O/c1-8(2)12(7-16)15-10-4-3-9(6-14)11(13)5-10/h3-5,8,12,15-16H,7H2,1-2H3. The summed E-state index contributed by atoms with van der Waals surface area (Å²) in [6.45, 7) is 3.92. The molecule has 0 spiro atoms. The predicted octanol–water partition coefficient (Wildman–Crippen LogP) is 2.13. The maximum absolute atomic E-state index is 13.3. The molecule has 0 amide bonds. The lowest BCUT2D eigenvalue weighted by atomic mass is 10.0. The van der Waals surface area contributed by atoms with Crippen LogP contribution in [0.2, 0.25) is 0 Å². The first-order valence-corrected chi connectivity index (χ1v) is 5.15. The van der Waals surface area contributed by atoms with E-state index in [4.69, 9.17) is 10.4 Å².